The van der Waals surface area contributed by atoms with Crippen LogP contribution in [-0.2, 0) is 16.0 Å². The minimum Gasteiger partial charge on any atom is -0.497 e. The summed E-state index contributed by atoms with van der Waals surface area (Å²) in [6.07, 6.45) is 1.67. The van der Waals surface area contributed by atoms with Crippen LogP contribution in [0.3, 0.4) is 0 Å². The minimum atomic E-state index is -0.275. The van der Waals surface area contributed by atoms with Crippen LogP contribution in [-0.4, -0.2) is 37.4 Å². The number of ether oxygens (including phenoxy) is 1. The first kappa shape index (κ1) is 19.7. The number of piperidine rings is 1. The Morgan fingerprint density at radius 1 is 1.18 bits per heavy atom. The molecule has 148 valence electrons. The van der Waals surface area contributed by atoms with Gasteiger partial charge in [0.15, 0.2) is 0 Å². The van der Waals surface area contributed by atoms with Gasteiger partial charge in [-0.2, -0.15) is 0 Å². The molecule has 0 radical (unpaired) electrons. The molecule has 0 spiro atoms. The summed E-state index contributed by atoms with van der Waals surface area (Å²) in [5.74, 6) is 0.517. The summed E-state index contributed by atoms with van der Waals surface area (Å²) >= 11 is 0. The molecule has 2 atom stereocenters. The molecule has 2 aromatic carbocycles. The lowest BCUT2D eigenvalue weighted by Gasteiger charge is -2.38. The molecule has 3 N–H and O–H groups in total. The number of nitrogens with one attached hydrogen (secondary N) is 1. The van der Waals surface area contributed by atoms with E-state index < -0.39 is 0 Å². The van der Waals surface area contributed by atoms with Crippen molar-refractivity contribution in [3.8, 4) is 5.75 Å². The maximum absolute atomic E-state index is 12.9. The van der Waals surface area contributed by atoms with Crippen molar-refractivity contribution < 1.29 is 14.3 Å². The van der Waals surface area contributed by atoms with Crippen molar-refractivity contribution in [1.82, 2.24) is 10.2 Å². The van der Waals surface area contributed by atoms with Crippen LogP contribution in [0.1, 0.15) is 30.0 Å². The van der Waals surface area contributed by atoms with E-state index in [2.05, 4.69) is 5.32 Å². The van der Waals surface area contributed by atoms with Gasteiger partial charge in [0.05, 0.1) is 19.1 Å². The van der Waals surface area contributed by atoms with Crippen LogP contribution in [0, 0.1) is 5.92 Å². The molecule has 1 aliphatic rings. The molecular weight excluding hydrogens is 354 g/mol. The summed E-state index contributed by atoms with van der Waals surface area (Å²) in [6.45, 7) is 0.548. The van der Waals surface area contributed by atoms with E-state index in [4.69, 9.17) is 10.5 Å². The van der Waals surface area contributed by atoms with Crippen molar-refractivity contribution in [3.05, 3.63) is 59.7 Å². The average Bonchev–Trinajstić information content (AvgIpc) is 2.71. The largest absolute Gasteiger partial charge is 0.497 e. The second kappa shape index (κ2) is 8.78. The van der Waals surface area contributed by atoms with Gasteiger partial charge in [-0.05, 0) is 48.2 Å². The standard InChI is InChI=1S/C22H27N3O3/c1-25-20(26)12-11-19(21(25)16-5-9-18(28-2)10-6-16)22(27)24-14-13-15-3-7-17(23)8-4-15/h3-10,19,21H,11-14,23H2,1-2H3,(H,24,27). The first-order chi connectivity index (χ1) is 13.5. The number of rotatable bonds is 6. The van der Waals surface area contributed by atoms with Crippen LogP contribution >= 0.6 is 0 Å². The highest BCUT2D eigenvalue weighted by atomic mass is 16.5. The van der Waals surface area contributed by atoms with Crippen LogP contribution in [0.5, 0.6) is 5.75 Å². The number of hydrogen-bond donors (Lipinski definition) is 2. The minimum absolute atomic E-state index is 0.0180. The number of nitrogens with two attached hydrogens (primary N) is 1. The number of likely N-dealkylation sites (tertiary alicyclic amines) is 1. The van der Waals surface area contributed by atoms with Crippen molar-refractivity contribution in [1.29, 1.82) is 0 Å². The molecule has 0 saturated carbocycles. The highest BCUT2D eigenvalue weighted by Crippen LogP contribution is 2.36. The van der Waals surface area contributed by atoms with E-state index in [0.29, 0.717) is 19.4 Å². The third-order valence-corrected chi connectivity index (χ3v) is 5.35. The molecular formula is C22H27N3O3. The number of nitrogens with zero attached hydrogens (tertiary/aromatic N) is 1. The first-order valence-corrected chi connectivity index (χ1v) is 9.51. The van der Waals surface area contributed by atoms with E-state index in [0.717, 1.165) is 29.0 Å². The molecule has 1 heterocycles. The van der Waals surface area contributed by atoms with Crippen LogP contribution in [0.4, 0.5) is 5.69 Å². The Hall–Kier alpha value is -3.02. The summed E-state index contributed by atoms with van der Waals surface area (Å²) in [7, 11) is 3.38. The van der Waals surface area contributed by atoms with Gasteiger partial charge in [0.25, 0.3) is 0 Å². The van der Waals surface area contributed by atoms with Crippen molar-refractivity contribution in [2.45, 2.75) is 25.3 Å². The molecule has 28 heavy (non-hydrogen) atoms. The number of hydrogen-bond acceptors (Lipinski definition) is 4. The Balaban J connectivity index is 1.68. The predicted molar refractivity (Wildman–Crippen MR) is 109 cm³/mol. The van der Waals surface area contributed by atoms with Crippen molar-refractivity contribution in [3.63, 3.8) is 0 Å². The van der Waals surface area contributed by atoms with Gasteiger partial charge in [-0.3, -0.25) is 9.59 Å². The molecule has 6 nitrogen and oxygen atoms in total. The lowest BCUT2D eigenvalue weighted by atomic mass is 9.84. The zero-order chi connectivity index (χ0) is 20.1. The number of methoxy groups -OCH3 is 1. The second-order valence-corrected chi connectivity index (χ2v) is 7.15. The van der Waals surface area contributed by atoms with E-state index in [-0.39, 0.29) is 23.8 Å². The monoisotopic (exact) mass is 381 g/mol. The van der Waals surface area contributed by atoms with Gasteiger partial charge in [-0.15, -0.1) is 0 Å². The lowest BCUT2D eigenvalue weighted by molar-refractivity contribution is -0.141. The van der Waals surface area contributed by atoms with Gasteiger partial charge in [0, 0.05) is 25.7 Å². The van der Waals surface area contributed by atoms with Gasteiger partial charge >= 0.3 is 0 Å². The molecule has 3 rings (SSSR count). The fraction of sp³-hybridized carbons (Fsp3) is 0.364. The highest BCUT2D eigenvalue weighted by Gasteiger charge is 2.38. The molecule has 2 amide bonds. The molecule has 0 aromatic heterocycles. The van der Waals surface area contributed by atoms with E-state index >= 15 is 0 Å². The Bertz CT molecular complexity index is 818. The maximum atomic E-state index is 12.9. The third-order valence-electron chi connectivity index (χ3n) is 5.35. The highest BCUT2D eigenvalue weighted by molar-refractivity contribution is 5.84. The molecule has 1 saturated heterocycles. The van der Waals surface area contributed by atoms with Crippen LogP contribution in [0.25, 0.3) is 0 Å². The second-order valence-electron chi connectivity index (χ2n) is 7.15. The van der Waals surface area contributed by atoms with Crippen LogP contribution in [0.15, 0.2) is 48.5 Å². The van der Waals surface area contributed by atoms with Gasteiger partial charge in [0.1, 0.15) is 5.75 Å². The Kier molecular flexibility index (Phi) is 6.19. The van der Waals surface area contributed by atoms with Gasteiger partial charge in [-0.25, -0.2) is 0 Å². The fourth-order valence-electron chi connectivity index (χ4n) is 3.72. The van der Waals surface area contributed by atoms with Gasteiger partial charge in [0.2, 0.25) is 11.8 Å². The summed E-state index contributed by atoms with van der Waals surface area (Å²) in [6, 6.07) is 14.9. The number of carbonyl (C=O) groups excluding carboxylic acids is 2. The molecule has 2 unspecified atom stereocenters. The van der Waals surface area contributed by atoms with E-state index in [1.165, 1.54) is 0 Å². The smallest absolute Gasteiger partial charge is 0.225 e. The number of nitrogen functional groups attached to an aromatic ring is 1. The zero-order valence-electron chi connectivity index (χ0n) is 16.4. The number of amides is 2. The quantitative estimate of drug-likeness (QED) is 0.753. The molecule has 0 bridgehead atoms. The maximum Gasteiger partial charge on any atom is 0.225 e. The lowest BCUT2D eigenvalue weighted by Crippen LogP contribution is -2.46. The predicted octanol–water partition coefficient (Wildman–Crippen LogP) is 2.55. The summed E-state index contributed by atoms with van der Waals surface area (Å²) < 4.78 is 5.21. The van der Waals surface area contributed by atoms with Gasteiger partial charge < -0.3 is 20.7 Å². The summed E-state index contributed by atoms with van der Waals surface area (Å²) in [5, 5.41) is 3.04. The molecule has 1 fully saturated rings. The van der Waals surface area contributed by atoms with Crippen molar-refractivity contribution in [2.75, 3.05) is 26.4 Å². The van der Waals surface area contributed by atoms with Crippen LogP contribution in [0.2, 0.25) is 0 Å². The van der Waals surface area contributed by atoms with Crippen molar-refractivity contribution >= 4 is 17.5 Å². The van der Waals surface area contributed by atoms with Crippen LogP contribution < -0.4 is 15.8 Å². The van der Waals surface area contributed by atoms with E-state index in [9.17, 15) is 9.59 Å². The SMILES string of the molecule is COc1ccc(C2C(C(=O)NCCc3ccc(N)cc3)CCC(=O)N2C)cc1. The molecule has 2 aromatic rings. The molecule has 0 aliphatic carbocycles. The first-order valence-electron chi connectivity index (χ1n) is 9.51. The van der Waals surface area contributed by atoms with E-state index in [1.54, 1.807) is 19.1 Å². The average molecular weight is 381 g/mol. The Labute approximate surface area is 165 Å². The van der Waals surface area contributed by atoms with Crippen molar-refractivity contribution in [2.24, 2.45) is 5.92 Å². The normalized spacial score (nSPS) is 19.4. The third kappa shape index (κ3) is 4.44. The molecule has 6 heteroatoms. The topological polar surface area (TPSA) is 84.7 Å². The number of carbonyl (C=O) groups is 2. The Morgan fingerprint density at radius 3 is 2.50 bits per heavy atom. The zero-order valence-corrected chi connectivity index (χ0v) is 16.4. The summed E-state index contributed by atoms with van der Waals surface area (Å²) in [4.78, 5) is 26.9. The fourth-order valence-corrected chi connectivity index (χ4v) is 3.72. The van der Waals surface area contributed by atoms with Gasteiger partial charge in [-0.1, -0.05) is 24.3 Å². The number of benzene rings is 2. The van der Waals surface area contributed by atoms with E-state index in [1.807, 2.05) is 48.5 Å². The molecule has 1 aliphatic heterocycles. The number of anilines is 1. The summed E-state index contributed by atoms with van der Waals surface area (Å²) in [5.41, 5.74) is 8.49. The Morgan fingerprint density at radius 2 is 1.86 bits per heavy atom.